The Morgan fingerprint density at radius 3 is 2.50 bits per heavy atom. The number of amides is 2. The largest absolute Gasteiger partial charge is 0.493 e. The molecule has 2 aromatic rings. The third kappa shape index (κ3) is 5.81. The van der Waals surface area contributed by atoms with E-state index in [2.05, 4.69) is 0 Å². The molecule has 0 aliphatic carbocycles. The molecule has 3 rings (SSSR count). The average Bonchev–Trinajstić information content (AvgIpc) is 3.07. The van der Waals surface area contributed by atoms with Gasteiger partial charge in [0.05, 0.1) is 33.7 Å². The van der Waals surface area contributed by atoms with Crippen LogP contribution in [-0.4, -0.2) is 41.8 Å². The van der Waals surface area contributed by atoms with E-state index >= 15 is 0 Å². The summed E-state index contributed by atoms with van der Waals surface area (Å²) in [6.07, 6.45) is 1.50. The summed E-state index contributed by atoms with van der Waals surface area (Å²) in [6.45, 7) is 3.40. The summed E-state index contributed by atoms with van der Waals surface area (Å²) >= 11 is 19.1. The van der Waals surface area contributed by atoms with E-state index in [-0.39, 0.29) is 23.1 Å². The molecule has 34 heavy (non-hydrogen) atoms. The van der Waals surface area contributed by atoms with Crippen LogP contribution in [0.3, 0.4) is 0 Å². The minimum atomic E-state index is -1.03. The number of carbonyl (C=O) groups excluding carboxylic acids is 3. The van der Waals surface area contributed by atoms with Gasteiger partial charge >= 0.3 is 5.97 Å². The molecule has 0 N–H and O–H groups in total. The van der Waals surface area contributed by atoms with E-state index in [1.165, 1.54) is 20.1 Å². The maximum absolute atomic E-state index is 12.8. The van der Waals surface area contributed by atoms with Gasteiger partial charge in [0.15, 0.2) is 11.5 Å². The number of benzene rings is 2. The zero-order valence-electron chi connectivity index (χ0n) is 18.4. The van der Waals surface area contributed by atoms with Gasteiger partial charge in [-0.2, -0.15) is 0 Å². The second kappa shape index (κ2) is 11.4. The fourth-order valence-electron chi connectivity index (χ4n) is 3.08. The molecule has 1 aliphatic heterocycles. The summed E-state index contributed by atoms with van der Waals surface area (Å²) in [7, 11) is 1.45. The van der Waals surface area contributed by atoms with Crippen LogP contribution in [0.4, 0.5) is 4.79 Å². The lowest BCUT2D eigenvalue weighted by atomic mass is 10.1. The van der Waals surface area contributed by atoms with Crippen LogP contribution in [0.5, 0.6) is 11.5 Å². The minimum absolute atomic E-state index is 0.142. The Bertz CT molecular complexity index is 1170. The molecule has 180 valence electrons. The number of carbonyl (C=O) groups is 3. The molecule has 7 nitrogen and oxygen atoms in total. The summed E-state index contributed by atoms with van der Waals surface area (Å²) in [5, 5.41) is 0.523. The van der Waals surface area contributed by atoms with Gasteiger partial charge in [-0.15, -0.1) is 0 Å². The maximum atomic E-state index is 12.8. The van der Waals surface area contributed by atoms with Crippen LogP contribution in [0, 0.1) is 0 Å². The summed E-state index contributed by atoms with van der Waals surface area (Å²) in [5.74, 6) is -0.612. The fourth-order valence-corrected chi connectivity index (χ4v) is 4.58. The highest BCUT2D eigenvalue weighted by Gasteiger charge is 2.41. The zero-order chi connectivity index (χ0) is 25.0. The number of hydrogen-bond acceptors (Lipinski definition) is 7. The van der Waals surface area contributed by atoms with Gasteiger partial charge < -0.3 is 14.2 Å². The van der Waals surface area contributed by atoms with Crippen molar-refractivity contribution in [2.45, 2.75) is 26.5 Å². The quantitative estimate of drug-likeness (QED) is 0.288. The Morgan fingerprint density at radius 1 is 1.12 bits per heavy atom. The van der Waals surface area contributed by atoms with E-state index in [9.17, 15) is 14.4 Å². The third-order valence-corrected chi connectivity index (χ3v) is 6.66. The number of halogens is 3. The molecular weight excluding hydrogens is 525 g/mol. The van der Waals surface area contributed by atoms with E-state index < -0.39 is 23.2 Å². The smallest absolute Gasteiger partial charge is 0.329 e. The highest BCUT2D eigenvalue weighted by atomic mass is 35.5. The number of hydrogen-bond donors (Lipinski definition) is 0. The predicted molar refractivity (Wildman–Crippen MR) is 133 cm³/mol. The van der Waals surface area contributed by atoms with Gasteiger partial charge in [-0.1, -0.05) is 40.9 Å². The van der Waals surface area contributed by atoms with Crippen molar-refractivity contribution in [2.24, 2.45) is 0 Å². The molecule has 2 amide bonds. The van der Waals surface area contributed by atoms with Crippen LogP contribution in [0.15, 0.2) is 35.2 Å². The van der Waals surface area contributed by atoms with Crippen molar-refractivity contribution in [3.8, 4) is 11.5 Å². The number of methoxy groups -OCH3 is 1. The monoisotopic (exact) mass is 543 g/mol. The van der Waals surface area contributed by atoms with E-state index in [1.807, 2.05) is 0 Å². The Balaban J connectivity index is 1.82. The third-order valence-electron chi connectivity index (χ3n) is 4.76. The van der Waals surface area contributed by atoms with Gasteiger partial charge in [0.2, 0.25) is 0 Å². The van der Waals surface area contributed by atoms with Crippen molar-refractivity contribution in [1.82, 2.24) is 4.90 Å². The lowest BCUT2D eigenvalue weighted by Gasteiger charge is -2.19. The second-order valence-electron chi connectivity index (χ2n) is 7.05. The van der Waals surface area contributed by atoms with Gasteiger partial charge in [0.1, 0.15) is 12.6 Å². The van der Waals surface area contributed by atoms with Crippen molar-refractivity contribution >= 4 is 69.8 Å². The molecule has 0 bridgehead atoms. The molecule has 1 atom stereocenters. The van der Waals surface area contributed by atoms with Crippen LogP contribution >= 0.6 is 46.6 Å². The van der Waals surface area contributed by atoms with E-state index in [0.29, 0.717) is 27.1 Å². The van der Waals surface area contributed by atoms with Crippen molar-refractivity contribution in [3.63, 3.8) is 0 Å². The first-order chi connectivity index (χ1) is 16.2. The molecule has 0 spiro atoms. The highest BCUT2D eigenvalue weighted by molar-refractivity contribution is 8.18. The minimum Gasteiger partial charge on any atom is -0.493 e. The van der Waals surface area contributed by atoms with Crippen molar-refractivity contribution < 1.29 is 28.6 Å². The molecule has 0 unspecified atom stereocenters. The lowest BCUT2D eigenvalue weighted by Crippen LogP contribution is -2.42. The Labute approximate surface area is 215 Å². The molecule has 1 fully saturated rings. The topological polar surface area (TPSA) is 82.1 Å². The first-order valence-electron chi connectivity index (χ1n) is 10.0. The first-order valence-corrected chi connectivity index (χ1v) is 12.0. The average molecular weight is 545 g/mol. The number of thioether (sulfide) groups is 1. The van der Waals surface area contributed by atoms with Crippen LogP contribution < -0.4 is 9.47 Å². The first kappa shape index (κ1) is 26.2. The molecule has 1 saturated heterocycles. The number of imide groups is 1. The maximum Gasteiger partial charge on any atom is 0.329 e. The van der Waals surface area contributed by atoms with E-state index in [0.717, 1.165) is 22.2 Å². The van der Waals surface area contributed by atoms with E-state index in [1.54, 1.807) is 37.3 Å². The van der Waals surface area contributed by atoms with E-state index in [4.69, 9.17) is 49.0 Å². The van der Waals surface area contributed by atoms with Crippen molar-refractivity contribution in [2.75, 3.05) is 13.7 Å². The van der Waals surface area contributed by atoms with Crippen LogP contribution in [0.1, 0.15) is 25.0 Å². The number of ether oxygens (including phenoxy) is 3. The highest BCUT2D eigenvalue weighted by Crippen LogP contribution is 2.40. The SMILES string of the molecule is CCOC(=O)[C@H](C)N1C(=O)S/C(=C/c2cc(Cl)c(OCc3ccc(Cl)c(Cl)c3)c(OC)c2)C1=O. The zero-order valence-corrected chi connectivity index (χ0v) is 21.5. The Morgan fingerprint density at radius 2 is 1.85 bits per heavy atom. The molecule has 0 aromatic heterocycles. The van der Waals surface area contributed by atoms with Gasteiger partial charge in [0.25, 0.3) is 11.1 Å². The van der Waals surface area contributed by atoms with Gasteiger partial charge in [0, 0.05) is 0 Å². The second-order valence-corrected chi connectivity index (χ2v) is 9.27. The summed E-state index contributed by atoms with van der Waals surface area (Å²) in [6, 6.07) is 7.30. The molecular formula is C23H20Cl3NO6S. The molecule has 1 heterocycles. The standard InChI is InChI=1S/C23H20Cl3NO6S/c1-4-32-22(29)12(2)27-21(28)19(34-23(27)30)10-14-8-17(26)20(18(9-14)31-3)33-11-13-5-6-15(24)16(25)7-13/h5-10,12H,4,11H2,1-3H3/b19-10+/t12-/m0/s1. The van der Waals surface area contributed by atoms with Gasteiger partial charge in [-0.05, 0) is 67.1 Å². The molecule has 2 aromatic carbocycles. The van der Waals surface area contributed by atoms with Gasteiger partial charge in [-0.3, -0.25) is 14.5 Å². The van der Waals surface area contributed by atoms with Crippen LogP contribution in [-0.2, 0) is 20.9 Å². The number of esters is 1. The normalized spacial score (nSPS) is 15.6. The number of rotatable bonds is 8. The Kier molecular flexibility index (Phi) is 8.76. The van der Waals surface area contributed by atoms with Crippen LogP contribution in [0.2, 0.25) is 15.1 Å². The van der Waals surface area contributed by atoms with Gasteiger partial charge in [-0.25, -0.2) is 4.79 Å². The summed E-state index contributed by atoms with van der Waals surface area (Å²) in [5.41, 5.74) is 1.29. The number of nitrogens with zero attached hydrogens (tertiary/aromatic N) is 1. The van der Waals surface area contributed by atoms with Crippen molar-refractivity contribution in [1.29, 1.82) is 0 Å². The Hall–Kier alpha value is -2.39. The molecule has 0 radical (unpaired) electrons. The summed E-state index contributed by atoms with van der Waals surface area (Å²) in [4.78, 5) is 38.2. The molecule has 11 heteroatoms. The predicted octanol–water partition coefficient (Wildman–Crippen LogP) is 6.22. The lowest BCUT2D eigenvalue weighted by molar-refractivity contribution is -0.150. The summed E-state index contributed by atoms with van der Waals surface area (Å²) < 4.78 is 16.2. The van der Waals surface area contributed by atoms with Crippen LogP contribution in [0.25, 0.3) is 6.08 Å². The fraction of sp³-hybridized carbons (Fsp3) is 0.261. The van der Waals surface area contributed by atoms with Crippen molar-refractivity contribution in [3.05, 3.63) is 61.4 Å². The molecule has 1 aliphatic rings. The molecule has 0 saturated carbocycles.